The molecule has 1 aliphatic heterocycles. The van der Waals surface area contributed by atoms with Gasteiger partial charge in [0.25, 0.3) is 0 Å². The second-order valence-electron chi connectivity index (χ2n) is 9.08. The lowest BCUT2D eigenvalue weighted by Gasteiger charge is -2.21. The van der Waals surface area contributed by atoms with Crippen LogP contribution in [-0.2, 0) is 23.7 Å². The summed E-state index contributed by atoms with van der Waals surface area (Å²) in [6.45, 7) is 0. The average Bonchev–Trinajstić information content (AvgIpc) is 3.71. The first kappa shape index (κ1) is 25.9. The Bertz CT molecular complexity index is 1670. The molecule has 3 aromatic carbocycles. The Kier molecular flexibility index (Phi) is 7.82. The van der Waals surface area contributed by atoms with Crippen LogP contribution in [-0.4, -0.2) is 24.7 Å². The van der Waals surface area contributed by atoms with Crippen molar-refractivity contribution >= 4 is 66.9 Å². The van der Waals surface area contributed by atoms with E-state index < -0.39 is 10.9 Å². The maximum Gasteiger partial charge on any atom is 0.222 e. The van der Waals surface area contributed by atoms with Gasteiger partial charge in [0, 0.05) is 22.7 Å². The third kappa shape index (κ3) is 6.44. The lowest BCUT2D eigenvalue weighted by atomic mass is 10.0. The Morgan fingerprint density at radius 1 is 0.923 bits per heavy atom. The average molecular weight is 592 g/mol. The zero-order chi connectivity index (χ0) is 26.6. The van der Waals surface area contributed by atoms with Gasteiger partial charge in [-0.2, -0.15) is 0 Å². The normalized spacial score (nSPS) is 15.7. The van der Waals surface area contributed by atoms with Crippen molar-refractivity contribution in [2.75, 3.05) is 10.0 Å². The highest BCUT2D eigenvalue weighted by molar-refractivity contribution is 8.02. The minimum atomic E-state index is -2.69. The Labute approximate surface area is 240 Å². The molecule has 0 fully saturated rings. The van der Waals surface area contributed by atoms with Crippen LogP contribution in [0.4, 0.5) is 10.8 Å². The predicted octanol–water partition coefficient (Wildman–Crippen LogP) is 6.18. The summed E-state index contributed by atoms with van der Waals surface area (Å²) >= 11 is 5.07. The molecule has 3 N–H and O–H groups in total. The highest BCUT2D eigenvalue weighted by Crippen LogP contribution is 2.38. The van der Waals surface area contributed by atoms with Gasteiger partial charge in [-0.15, -0.1) is 33.3 Å². The minimum absolute atomic E-state index is 0.0566. The maximum atomic E-state index is 11.0. The van der Waals surface area contributed by atoms with Gasteiger partial charge in [-0.05, 0) is 57.3 Å². The lowest BCUT2D eigenvalue weighted by molar-refractivity contribution is 0.619. The summed E-state index contributed by atoms with van der Waals surface area (Å²) in [4.78, 5) is 1.28. The molecule has 0 radical (unpaired) electrons. The summed E-state index contributed by atoms with van der Waals surface area (Å²) in [5.74, 6) is 0. The maximum absolute atomic E-state index is 11.0. The molecule has 2 aromatic heterocycles. The molecule has 3 heterocycles. The number of thioether (sulfide) groups is 1. The molecule has 11 heteroatoms. The summed E-state index contributed by atoms with van der Waals surface area (Å²) < 4.78 is 24.4. The number of nitrogens with one attached hydrogen (secondary N) is 3. The molecular weight excluding hydrogens is 567 g/mol. The molecule has 39 heavy (non-hydrogen) atoms. The smallest absolute Gasteiger partial charge is 0.222 e. The first-order valence-corrected chi connectivity index (χ1v) is 16.1. The van der Waals surface area contributed by atoms with Gasteiger partial charge in [-0.3, -0.25) is 4.72 Å². The summed E-state index contributed by atoms with van der Waals surface area (Å²) in [5, 5.41) is 24.8. The van der Waals surface area contributed by atoms with Gasteiger partial charge in [0.05, 0.1) is 6.04 Å². The predicted molar refractivity (Wildman–Crippen MR) is 164 cm³/mol. The number of rotatable bonds is 10. The van der Waals surface area contributed by atoms with E-state index in [0.717, 1.165) is 27.8 Å². The Hall–Kier alpha value is -3.38. The van der Waals surface area contributed by atoms with E-state index in [1.165, 1.54) is 21.2 Å². The molecule has 0 bridgehead atoms. The number of aromatic nitrogens is 2. The van der Waals surface area contributed by atoms with E-state index in [1.807, 2.05) is 12.1 Å². The van der Waals surface area contributed by atoms with E-state index in [1.54, 1.807) is 46.6 Å². The quantitative estimate of drug-likeness (QED) is 0.144. The van der Waals surface area contributed by atoms with Gasteiger partial charge in [-0.25, -0.2) is 8.42 Å². The van der Waals surface area contributed by atoms with Crippen molar-refractivity contribution in [1.29, 1.82) is 0 Å². The molecule has 0 saturated heterocycles. The van der Waals surface area contributed by atoms with Crippen LogP contribution in [0.3, 0.4) is 0 Å². The van der Waals surface area contributed by atoms with E-state index in [0.29, 0.717) is 12.1 Å². The number of fused-ring (bicyclic) bond motifs is 1. The van der Waals surface area contributed by atoms with Gasteiger partial charge < -0.3 is 10.6 Å². The topological polar surface area (TPSA) is 96.0 Å². The summed E-state index contributed by atoms with van der Waals surface area (Å²) in [6.07, 6.45) is 1.42. The van der Waals surface area contributed by atoms with Crippen molar-refractivity contribution in [3.8, 4) is 0 Å². The third-order valence-corrected chi connectivity index (χ3v) is 9.77. The first-order valence-electron chi connectivity index (χ1n) is 12.3. The lowest BCUT2D eigenvalue weighted by Crippen LogP contribution is -2.31. The third-order valence-electron chi connectivity index (χ3n) is 6.35. The Balaban J connectivity index is 1.19. The van der Waals surface area contributed by atoms with Gasteiger partial charge in [0.1, 0.15) is 10.4 Å². The minimum Gasteiger partial charge on any atom is -0.370 e. The van der Waals surface area contributed by atoms with Crippen LogP contribution in [0.25, 0.3) is 10.8 Å². The van der Waals surface area contributed by atoms with Crippen molar-refractivity contribution in [2.24, 2.45) is 0 Å². The number of anilines is 2. The monoisotopic (exact) mass is 591 g/mol. The van der Waals surface area contributed by atoms with Crippen LogP contribution in [0.2, 0.25) is 0 Å². The molecule has 6 rings (SSSR count). The molecule has 0 amide bonds. The van der Waals surface area contributed by atoms with Crippen LogP contribution in [0.5, 0.6) is 0 Å². The number of hydrogen-bond donors (Lipinski definition) is 4. The molecule has 2 atom stereocenters. The fourth-order valence-electron chi connectivity index (χ4n) is 4.47. The van der Waals surface area contributed by atoms with E-state index in [2.05, 4.69) is 90.9 Å². The molecular formula is C28H25N5O2S4. The van der Waals surface area contributed by atoms with Crippen LogP contribution < -0.4 is 15.4 Å². The molecule has 7 nitrogen and oxygen atoms in total. The molecule has 1 unspecified atom stereocenters. The summed E-state index contributed by atoms with van der Waals surface area (Å²) in [5.41, 5.74) is 3.92. The van der Waals surface area contributed by atoms with Crippen LogP contribution in [0, 0.1) is 0 Å². The van der Waals surface area contributed by atoms with Crippen LogP contribution >= 0.6 is 34.4 Å². The van der Waals surface area contributed by atoms with Gasteiger partial charge in [0.15, 0.2) is 0 Å². The van der Waals surface area contributed by atoms with Crippen LogP contribution in [0.15, 0.2) is 95.3 Å². The summed E-state index contributed by atoms with van der Waals surface area (Å²) in [7, 11) is -2.69. The number of hydrogen-bond acceptors (Lipinski definition) is 9. The largest absolute Gasteiger partial charge is 0.370 e. The van der Waals surface area contributed by atoms with Crippen molar-refractivity contribution in [2.45, 2.75) is 24.3 Å². The Morgan fingerprint density at radius 3 is 2.54 bits per heavy atom. The van der Waals surface area contributed by atoms with Gasteiger partial charge in [0.2, 0.25) is 16.0 Å². The van der Waals surface area contributed by atoms with E-state index >= 15 is 0 Å². The van der Waals surface area contributed by atoms with Crippen molar-refractivity contribution in [3.63, 3.8) is 0 Å². The number of nitrogens with zero attached hydrogens (tertiary/aromatic N) is 2. The van der Waals surface area contributed by atoms with Crippen molar-refractivity contribution < 1.29 is 8.42 Å². The standard InChI is InChI=1S/C28H25N5O2S4/c34-39(35)33-22-11-8-18(9-12-22)15-23(24-17-37-27(29-24)25-6-3-13-36-25)30-28-32-31-26(38-28)16-19-7-10-20-4-1-2-5-21(20)14-19/h1-14,17,23,27,29,39H,15-16H2,(H,30,32)(H,33,34,35)/t23-,27?/m0/s1. The molecule has 0 spiro atoms. The van der Waals surface area contributed by atoms with E-state index in [9.17, 15) is 8.42 Å². The molecule has 198 valence electrons. The Morgan fingerprint density at radius 2 is 1.74 bits per heavy atom. The number of thiophene rings is 1. The fraction of sp³-hybridized carbons (Fsp3) is 0.143. The molecule has 1 aliphatic rings. The van der Waals surface area contributed by atoms with E-state index in [4.69, 9.17) is 0 Å². The van der Waals surface area contributed by atoms with Crippen LogP contribution in [0.1, 0.15) is 26.4 Å². The first-order chi connectivity index (χ1) is 19.1. The molecule has 0 aliphatic carbocycles. The van der Waals surface area contributed by atoms with Gasteiger partial charge >= 0.3 is 0 Å². The number of benzene rings is 3. The molecule has 5 aromatic rings. The highest BCUT2D eigenvalue weighted by Gasteiger charge is 2.26. The highest BCUT2D eigenvalue weighted by atomic mass is 32.2. The number of thiol groups is 1. The van der Waals surface area contributed by atoms with Gasteiger partial charge in [-0.1, -0.05) is 72.0 Å². The zero-order valence-corrected chi connectivity index (χ0v) is 24.0. The molecule has 0 saturated carbocycles. The fourth-order valence-corrected chi connectivity index (χ4v) is 7.58. The SMILES string of the molecule is O=[SH](=O)Nc1ccc(C[C@H](Nc2nnc(Cc3ccc4ccccc4c3)s2)C2=CSC(c3cccs3)N2)cc1. The van der Waals surface area contributed by atoms with E-state index in [-0.39, 0.29) is 11.4 Å². The second kappa shape index (κ2) is 11.8. The summed E-state index contributed by atoms with van der Waals surface area (Å²) in [6, 6.07) is 26.5. The van der Waals surface area contributed by atoms with Crippen molar-refractivity contribution in [3.05, 3.63) is 116 Å². The second-order valence-corrected chi connectivity index (χ2v) is 12.8. The zero-order valence-electron chi connectivity index (χ0n) is 20.6. The van der Waals surface area contributed by atoms with Crippen molar-refractivity contribution in [1.82, 2.24) is 15.5 Å².